The topological polar surface area (TPSA) is 39.9 Å². The van der Waals surface area contributed by atoms with E-state index in [2.05, 4.69) is 4.98 Å². The number of fused-ring (bicyclic) bond motifs is 1. The van der Waals surface area contributed by atoms with E-state index in [0.29, 0.717) is 5.92 Å². The Morgan fingerprint density at radius 2 is 2.22 bits per heavy atom. The van der Waals surface area contributed by atoms with Crippen LogP contribution in [-0.2, 0) is 11.2 Å². The second-order valence-electron chi connectivity index (χ2n) is 5.98. The number of nitrogens with zero attached hydrogens (tertiary/aromatic N) is 3. The minimum atomic E-state index is -0.257. The SMILES string of the molecule is Fc1cccc(-n2c(CC3CCCOC3)nc3cccnc32)c1. The zero-order valence-electron chi connectivity index (χ0n) is 12.8. The van der Waals surface area contributed by atoms with E-state index in [1.807, 2.05) is 22.8 Å². The van der Waals surface area contributed by atoms with E-state index in [1.165, 1.54) is 12.1 Å². The monoisotopic (exact) mass is 311 g/mol. The van der Waals surface area contributed by atoms with E-state index in [4.69, 9.17) is 9.72 Å². The van der Waals surface area contributed by atoms with Crippen molar-refractivity contribution in [1.82, 2.24) is 14.5 Å². The highest BCUT2D eigenvalue weighted by Crippen LogP contribution is 2.25. The smallest absolute Gasteiger partial charge is 0.164 e. The Morgan fingerprint density at radius 3 is 3.04 bits per heavy atom. The van der Waals surface area contributed by atoms with Gasteiger partial charge in [0.1, 0.15) is 17.2 Å². The van der Waals surface area contributed by atoms with E-state index in [9.17, 15) is 4.39 Å². The molecule has 0 saturated carbocycles. The molecular weight excluding hydrogens is 293 g/mol. The highest BCUT2D eigenvalue weighted by Gasteiger charge is 2.20. The Morgan fingerprint density at radius 1 is 1.26 bits per heavy atom. The van der Waals surface area contributed by atoms with Crippen LogP contribution in [0.1, 0.15) is 18.7 Å². The molecule has 0 aliphatic carbocycles. The number of halogens is 1. The highest BCUT2D eigenvalue weighted by molar-refractivity contribution is 5.73. The molecular formula is C18H18FN3O. The molecule has 0 bridgehead atoms. The summed E-state index contributed by atoms with van der Waals surface area (Å²) < 4.78 is 21.2. The van der Waals surface area contributed by atoms with Crippen molar-refractivity contribution in [2.24, 2.45) is 5.92 Å². The van der Waals surface area contributed by atoms with Gasteiger partial charge in [0.05, 0.1) is 5.69 Å². The lowest BCUT2D eigenvalue weighted by Crippen LogP contribution is -2.20. The number of hydrogen-bond acceptors (Lipinski definition) is 3. The van der Waals surface area contributed by atoms with Crippen LogP contribution in [0.4, 0.5) is 4.39 Å². The fourth-order valence-corrected chi connectivity index (χ4v) is 3.21. The molecule has 0 N–H and O–H groups in total. The molecule has 118 valence electrons. The van der Waals surface area contributed by atoms with Gasteiger partial charge in [-0.05, 0) is 49.1 Å². The average Bonchev–Trinajstić information content (AvgIpc) is 2.93. The van der Waals surface area contributed by atoms with Gasteiger partial charge in [-0.25, -0.2) is 14.4 Å². The van der Waals surface area contributed by atoms with Gasteiger partial charge in [0, 0.05) is 25.8 Å². The Kier molecular flexibility index (Phi) is 3.79. The lowest BCUT2D eigenvalue weighted by atomic mass is 9.98. The molecule has 3 heterocycles. The Hall–Kier alpha value is -2.27. The van der Waals surface area contributed by atoms with Crippen molar-refractivity contribution in [2.45, 2.75) is 19.3 Å². The first-order chi connectivity index (χ1) is 11.3. The third-order valence-electron chi connectivity index (χ3n) is 4.28. The van der Waals surface area contributed by atoms with Crippen LogP contribution in [0, 0.1) is 11.7 Å². The molecule has 1 atom stereocenters. The third kappa shape index (κ3) is 2.84. The summed E-state index contributed by atoms with van der Waals surface area (Å²) in [6.45, 7) is 1.61. The van der Waals surface area contributed by atoms with Crippen LogP contribution in [0.15, 0.2) is 42.6 Å². The molecule has 0 amide bonds. The van der Waals surface area contributed by atoms with Crippen molar-refractivity contribution in [2.75, 3.05) is 13.2 Å². The molecule has 23 heavy (non-hydrogen) atoms. The number of imidazole rings is 1. The van der Waals surface area contributed by atoms with Gasteiger partial charge in [0.2, 0.25) is 0 Å². The van der Waals surface area contributed by atoms with Gasteiger partial charge in [-0.15, -0.1) is 0 Å². The first kappa shape index (κ1) is 14.3. The molecule has 0 spiro atoms. The first-order valence-corrected chi connectivity index (χ1v) is 7.97. The number of hydrogen-bond donors (Lipinski definition) is 0. The summed E-state index contributed by atoms with van der Waals surface area (Å²) in [6.07, 6.45) is 4.78. The molecule has 1 fully saturated rings. The van der Waals surface area contributed by atoms with Gasteiger partial charge in [-0.3, -0.25) is 4.57 Å². The molecule has 3 aromatic rings. The second kappa shape index (κ2) is 6.08. The summed E-state index contributed by atoms with van der Waals surface area (Å²) in [5.74, 6) is 1.11. The Balaban J connectivity index is 1.81. The van der Waals surface area contributed by atoms with Gasteiger partial charge in [0.25, 0.3) is 0 Å². The van der Waals surface area contributed by atoms with Crippen molar-refractivity contribution >= 4 is 11.2 Å². The molecule has 0 radical (unpaired) electrons. The average molecular weight is 311 g/mol. The van der Waals surface area contributed by atoms with Crippen LogP contribution < -0.4 is 0 Å². The molecule has 4 nitrogen and oxygen atoms in total. The summed E-state index contributed by atoms with van der Waals surface area (Å²) in [4.78, 5) is 9.18. The Labute approximate surface area is 133 Å². The quantitative estimate of drug-likeness (QED) is 0.743. The highest BCUT2D eigenvalue weighted by atomic mass is 19.1. The van der Waals surface area contributed by atoms with Crippen LogP contribution in [-0.4, -0.2) is 27.7 Å². The predicted molar refractivity (Wildman–Crippen MR) is 86.1 cm³/mol. The largest absolute Gasteiger partial charge is 0.381 e. The van der Waals surface area contributed by atoms with Crippen LogP contribution in [0.3, 0.4) is 0 Å². The van der Waals surface area contributed by atoms with Crippen molar-refractivity contribution in [3.8, 4) is 5.69 Å². The molecule has 1 aliphatic rings. The molecule has 1 unspecified atom stereocenters. The van der Waals surface area contributed by atoms with Gasteiger partial charge in [0.15, 0.2) is 5.65 Å². The summed E-state index contributed by atoms with van der Waals surface area (Å²) in [6, 6.07) is 10.4. The summed E-state index contributed by atoms with van der Waals surface area (Å²) in [5.41, 5.74) is 2.37. The lowest BCUT2D eigenvalue weighted by Gasteiger charge is -2.22. The van der Waals surface area contributed by atoms with E-state index in [-0.39, 0.29) is 5.82 Å². The molecule has 5 heteroatoms. The molecule has 1 aliphatic heterocycles. The van der Waals surface area contributed by atoms with E-state index < -0.39 is 0 Å². The van der Waals surface area contributed by atoms with E-state index >= 15 is 0 Å². The maximum atomic E-state index is 13.7. The van der Waals surface area contributed by atoms with Crippen LogP contribution in [0.5, 0.6) is 0 Å². The van der Waals surface area contributed by atoms with Gasteiger partial charge in [-0.1, -0.05) is 6.07 Å². The number of pyridine rings is 1. The van der Waals surface area contributed by atoms with Gasteiger partial charge in [-0.2, -0.15) is 0 Å². The van der Waals surface area contributed by atoms with E-state index in [1.54, 1.807) is 12.3 Å². The van der Waals surface area contributed by atoms with Crippen molar-refractivity contribution in [3.05, 3.63) is 54.2 Å². The van der Waals surface area contributed by atoms with Crippen molar-refractivity contribution in [3.63, 3.8) is 0 Å². The number of ether oxygens (including phenoxy) is 1. The molecule has 1 saturated heterocycles. The van der Waals surface area contributed by atoms with E-state index in [0.717, 1.165) is 55.2 Å². The van der Waals surface area contributed by atoms with Gasteiger partial charge >= 0.3 is 0 Å². The van der Waals surface area contributed by atoms with Crippen LogP contribution >= 0.6 is 0 Å². The predicted octanol–water partition coefficient (Wildman–Crippen LogP) is 3.53. The van der Waals surface area contributed by atoms with Gasteiger partial charge < -0.3 is 4.74 Å². The minimum absolute atomic E-state index is 0.257. The maximum absolute atomic E-state index is 13.7. The fraction of sp³-hybridized carbons (Fsp3) is 0.333. The van der Waals surface area contributed by atoms with Crippen molar-refractivity contribution in [1.29, 1.82) is 0 Å². The fourth-order valence-electron chi connectivity index (χ4n) is 3.21. The normalized spacial score (nSPS) is 18.4. The summed E-state index contributed by atoms with van der Waals surface area (Å²) in [7, 11) is 0. The lowest BCUT2D eigenvalue weighted by molar-refractivity contribution is 0.0542. The number of aromatic nitrogens is 3. The summed E-state index contributed by atoms with van der Waals surface area (Å²) in [5, 5.41) is 0. The zero-order valence-corrected chi connectivity index (χ0v) is 12.8. The second-order valence-corrected chi connectivity index (χ2v) is 5.98. The maximum Gasteiger partial charge on any atom is 0.164 e. The molecule has 2 aromatic heterocycles. The zero-order chi connectivity index (χ0) is 15.6. The third-order valence-corrected chi connectivity index (χ3v) is 4.28. The van der Waals surface area contributed by atoms with Crippen LogP contribution in [0.2, 0.25) is 0 Å². The minimum Gasteiger partial charge on any atom is -0.381 e. The summed E-state index contributed by atoms with van der Waals surface area (Å²) >= 11 is 0. The molecule has 1 aromatic carbocycles. The molecule has 4 rings (SSSR count). The van der Waals surface area contributed by atoms with Crippen LogP contribution in [0.25, 0.3) is 16.9 Å². The number of rotatable bonds is 3. The first-order valence-electron chi connectivity index (χ1n) is 7.97. The van der Waals surface area contributed by atoms with Crippen molar-refractivity contribution < 1.29 is 9.13 Å². The standard InChI is InChI=1S/C18H18FN3O/c19-14-5-1-6-15(11-14)22-17(10-13-4-3-9-23-12-13)21-16-7-2-8-20-18(16)22/h1-2,5-8,11,13H,3-4,9-10,12H2. The Bertz CT molecular complexity index is 824. The number of benzene rings is 1.